The van der Waals surface area contributed by atoms with Gasteiger partial charge in [-0.2, -0.15) is 0 Å². The molecule has 0 amide bonds. The predicted molar refractivity (Wildman–Crippen MR) is 76.2 cm³/mol. The van der Waals surface area contributed by atoms with Gasteiger partial charge in [-0.3, -0.25) is 0 Å². The van der Waals surface area contributed by atoms with E-state index in [0.29, 0.717) is 0 Å². The minimum absolute atomic E-state index is 1.10. The zero-order chi connectivity index (χ0) is 11.8. The fourth-order valence-corrected chi connectivity index (χ4v) is 2.49. The van der Waals surface area contributed by atoms with Crippen molar-refractivity contribution < 1.29 is 0 Å². The molecule has 1 N–H and O–H groups in total. The number of halogens is 1. The molecule has 3 rings (SSSR count). The van der Waals surface area contributed by atoms with Crippen LogP contribution in [0.2, 0.25) is 0 Å². The van der Waals surface area contributed by atoms with Crippen LogP contribution in [0, 0.1) is 6.92 Å². The Bertz CT molecular complexity index is 665. The van der Waals surface area contributed by atoms with E-state index in [1.807, 2.05) is 0 Å². The molecule has 0 atom stereocenters. The Kier molecular flexibility index (Phi) is 2.52. The molecule has 0 unspecified atom stereocenters. The lowest BCUT2D eigenvalue weighted by Gasteiger charge is -1.98. The van der Waals surface area contributed by atoms with Gasteiger partial charge in [-0.15, -0.1) is 0 Å². The van der Waals surface area contributed by atoms with E-state index in [4.69, 9.17) is 0 Å². The number of fused-ring (bicyclic) bond motifs is 1. The quantitative estimate of drug-likeness (QED) is 0.654. The van der Waals surface area contributed by atoms with E-state index in [0.717, 1.165) is 15.7 Å². The van der Waals surface area contributed by atoms with E-state index >= 15 is 0 Å². The molecule has 0 bridgehead atoms. The Morgan fingerprint density at radius 3 is 2.47 bits per heavy atom. The maximum atomic E-state index is 3.56. The second-order valence-corrected chi connectivity index (χ2v) is 5.11. The van der Waals surface area contributed by atoms with Crippen molar-refractivity contribution in [2.75, 3.05) is 0 Å². The Morgan fingerprint density at radius 1 is 1.00 bits per heavy atom. The summed E-state index contributed by atoms with van der Waals surface area (Å²) in [5.74, 6) is 0. The van der Waals surface area contributed by atoms with Gasteiger partial charge >= 0.3 is 0 Å². The average Bonchev–Trinajstić information content (AvgIpc) is 2.75. The Balaban J connectivity index is 2.18. The predicted octanol–water partition coefficient (Wildman–Crippen LogP) is 4.91. The van der Waals surface area contributed by atoms with Gasteiger partial charge in [0.15, 0.2) is 0 Å². The highest BCUT2D eigenvalue weighted by molar-refractivity contribution is 9.10. The van der Waals surface area contributed by atoms with Crippen LogP contribution >= 0.6 is 15.9 Å². The second kappa shape index (κ2) is 4.04. The fraction of sp³-hybridized carbons (Fsp3) is 0.0667. The molecule has 0 radical (unpaired) electrons. The van der Waals surface area contributed by atoms with E-state index in [1.54, 1.807) is 0 Å². The highest BCUT2D eigenvalue weighted by Gasteiger charge is 2.04. The van der Waals surface area contributed by atoms with Crippen molar-refractivity contribution in [2.45, 2.75) is 6.92 Å². The van der Waals surface area contributed by atoms with Crippen LogP contribution in [0.4, 0.5) is 0 Å². The highest BCUT2D eigenvalue weighted by atomic mass is 79.9. The van der Waals surface area contributed by atoms with Crippen LogP contribution in [0.25, 0.3) is 22.2 Å². The molecule has 1 nitrogen and oxygen atoms in total. The third kappa shape index (κ3) is 1.89. The highest BCUT2D eigenvalue weighted by Crippen LogP contribution is 2.28. The number of benzene rings is 2. The van der Waals surface area contributed by atoms with Crippen LogP contribution in [0.15, 0.2) is 53.0 Å². The van der Waals surface area contributed by atoms with E-state index in [-0.39, 0.29) is 0 Å². The third-order valence-electron chi connectivity index (χ3n) is 2.97. The number of nitrogens with one attached hydrogen (secondary N) is 1. The van der Waals surface area contributed by atoms with Crippen LogP contribution in [-0.2, 0) is 0 Å². The fourth-order valence-electron chi connectivity index (χ4n) is 2.01. The minimum atomic E-state index is 1.10. The van der Waals surface area contributed by atoms with Crippen LogP contribution < -0.4 is 0 Å². The van der Waals surface area contributed by atoms with Crippen molar-refractivity contribution in [3.63, 3.8) is 0 Å². The summed E-state index contributed by atoms with van der Waals surface area (Å²) in [4.78, 5) is 3.45. The Labute approximate surface area is 109 Å². The molecule has 2 heteroatoms. The van der Waals surface area contributed by atoms with Crippen LogP contribution in [-0.4, -0.2) is 4.98 Å². The monoisotopic (exact) mass is 285 g/mol. The standard InChI is InChI=1S/C15H12BrN/c1-10-5-7-11(8-6-10)14-9-12-3-2-4-13(16)15(12)17-14/h2-9,17H,1H3. The van der Waals surface area contributed by atoms with Gasteiger partial charge in [0, 0.05) is 15.6 Å². The molecule has 84 valence electrons. The lowest BCUT2D eigenvalue weighted by Crippen LogP contribution is -1.77. The molecule has 0 aliphatic rings. The number of hydrogen-bond acceptors (Lipinski definition) is 0. The molecule has 3 aromatic rings. The van der Waals surface area contributed by atoms with Gasteiger partial charge in [-0.1, -0.05) is 42.0 Å². The molecule has 2 aromatic carbocycles. The molecule has 0 aliphatic heterocycles. The lowest BCUT2D eigenvalue weighted by atomic mass is 10.1. The van der Waals surface area contributed by atoms with Crippen molar-refractivity contribution in [1.82, 2.24) is 4.98 Å². The van der Waals surface area contributed by atoms with Gasteiger partial charge in [-0.25, -0.2) is 0 Å². The molecule has 0 fully saturated rings. The summed E-state index contributed by atoms with van der Waals surface area (Å²) in [5, 5.41) is 1.23. The molecule has 0 aliphatic carbocycles. The van der Waals surface area contributed by atoms with Crippen molar-refractivity contribution in [2.24, 2.45) is 0 Å². The SMILES string of the molecule is Cc1ccc(-c2cc3cccc(Br)c3[nH]2)cc1. The zero-order valence-corrected chi connectivity index (χ0v) is 11.1. The van der Waals surface area contributed by atoms with Crippen LogP contribution in [0.3, 0.4) is 0 Å². The number of aromatic amines is 1. The third-order valence-corrected chi connectivity index (χ3v) is 3.63. The number of aromatic nitrogens is 1. The summed E-state index contributed by atoms with van der Waals surface area (Å²) in [7, 11) is 0. The van der Waals surface area contributed by atoms with E-state index in [2.05, 4.69) is 76.4 Å². The summed E-state index contributed by atoms with van der Waals surface area (Å²) >= 11 is 3.56. The lowest BCUT2D eigenvalue weighted by molar-refractivity contribution is 1.42. The van der Waals surface area contributed by atoms with Gasteiger partial charge in [0.05, 0.1) is 5.52 Å². The maximum Gasteiger partial charge on any atom is 0.0603 e. The first kappa shape index (κ1) is 10.6. The maximum absolute atomic E-state index is 3.56. The van der Waals surface area contributed by atoms with Gasteiger partial charge in [0.1, 0.15) is 0 Å². The molecule has 1 aromatic heterocycles. The van der Waals surface area contributed by atoms with Gasteiger partial charge in [-0.05, 0) is 40.5 Å². The van der Waals surface area contributed by atoms with Crippen molar-refractivity contribution in [1.29, 1.82) is 0 Å². The largest absolute Gasteiger partial charge is 0.354 e. The summed E-state index contributed by atoms with van der Waals surface area (Å²) in [6.07, 6.45) is 0. The zero-order valence-electron chi connectivity index (χ0n) is 9.50. The minimum Gasteiger partial charge on any atom is -0.354 e. The van der Waals surface area contributed by atoms with Gasteiger partial charge in [0.25, 0.3) is 0 Å². The number of rotatable bonds is 1. The summed E-state index contributed by atoms with van der Waals surface area (Å²) in [5.41, 5.74) is 4.82. The molecular formula is C15H12BrN. The summed E-state index contributed by atoms with van der Waals surface area (Å²) < 4.78 is 1.10. The molecule has 0 spiro atoms. The van der Waals surface area contributed by atoms with Crippen LogP contribution in [0.1, 0.15) is 5.56 Å². The smallest absolute Gasteiger partial charge is 0.0603 e. The summed E-state index contributed by atoms with van der Waals surface area (Å²) in [6.45, 7) is 2.10. The first-order chi connectivity index (χ1) is 8.24. The molecule has 1 heterocycles. The molecular weight excluding hydrogens is 274 g/mol. The van der Waals surface area contributed by atoms with E-state index < -0.39 is 0 Å². The van der Waals surface area contributed by atoms with Gasteiger partial charge < -0.3 is 4.98 Å². The first-order valence-corrected chi connectivity index (χ1v) is 6.37. The summed E-state index contributed by atoms with van der Waals surface area (Å²) in [6, 6.07) is 17.0. The molecule has 0 saturated carbocycles. The molecule has 0 saturated heterocycles. The van der Waals surface area contributed by atoms with Gasteiger partial charge in [0.2, 0.25) is 0 Å². The van der Waals surface area contributed by atoms with Crippen molar-refractivity contribution in [3.8, 4) is 11.3 Å². The van der Waals surface area contributed by atoms with E-state index in [9.17, 15) is 0 Å². The van der Waals surface area contributed by atoms with Crippen molar-refractivity contribution in [3.05, 3.63) is 58.6 Å². The number of H-pyrrole nitrogens is 1. The van der Waals surface area contributed by atoms with Crippen molar-refractivity contribution >= 4 is 26.8 Å². The number of para-hydroxylation sites is 1. The normalized spacial score (nSPS) is 10.9. The van der Waals surface area contributed by atoms with Crippen LogP contribution in [0.5, 0.6) is 0 Å². The number of aryl methyl sites for hydroxylation is 1. The molecule has 17 heavy (non-hydrogen) atoms. The second-order valence-electron chi connectivity index (χ2n) is 4.25. The topological polar surface area (TPSA) is 15.8 Å². The number of hydrogen-bond donors (Lipinski definition) is 1. The van der Waals surface area contributed by atoms with E-state index in [1.165, 1.54) is 16.5 Å². The first-order valence-electron chi connectivity index (χ1n) is 5.58. The average molecular weight is 286 g/mol. The Morgan fingerprint density at radius 2 is 1.76 bits per heavy atom. The Hall–Kier alpha value is -1.54.